The highest BCUT2D eigenvalue weighted by atomic mass is 35.5. The number of rotatable bonds is 8. The molecule has 2 fully saturated rings. The van der Waals surface area contributed by atoms with Crippen molar-refractivity contribution >= 4 is 48.0 Å². The van der Waals surface area contributed by atoms with Crippen molar-refractivity contribution in [2.24, 2.45) is 0 Å². The number of alkyl halides is 1. The second kappa shape index (κ2) is 10.3. The highest BCUT2D eigenvalue weighted by molar-refractivity contribution is 7.79. The Morgan fingerprint density at radius 2 is 2.06 bits per heavy atom. The molecule has 2 aromatic rings. The lowest BCUT2D eigenvalue weighted by atomic mass is 10.1. The van der Waals surface area contributed by atoms with E-state index in [1.807, 2.05) is 0 Å². The van der Waals surface area contributed by atoms with E-state index >= 15 is 0 Å². The molecule has 0 spiro atoms. The number of hydrogen-bond donors (Lipinski definition) is 2. The number of aliphatic hydroxyl groups excluding tert-OH is 1. The van der Waals surface area contributed by atoms with Gasteiger partial charge in [-0.05, 0) is 37.4 Å². The molecule has 0 amide bonds. The number of aliphatic hydroxyl groups is 1. The zero-order chi connectivity index (χ0) is 25.5. The van der Waals surface area contributed by atoms with Gasteiger partial charge in [0.15, 0.2) is 42.6 Å². The largest absolute Gasteiger partial charge is 0.412 e. The topological polar surface area (TPSA) is 121 Å². The minimum absolute atomic E-state index is 0.0690. The number of nitrogens with one attached hydrogen (secondary N) is 1. The van der Waals surface area contributed by atoms with Gasteiger partial charge in [0.05, 0.1) is 24.4 Å². The monoisotopic (exact) mass is 545 g/mol. The Labute approximate surface area is 214 Å². The Kier molecular flexibility index (Phi) is 7.92. The predicted molar refractivity (Wildman–Crippen MR) is 138 cm³/mol. The number of ether oxygens (including phenoxy) is 1. The lowest BCUT2D eigenvalue weighted by molar-refractivity contribution is -0.0191. The number of halogens is 1. The van der Waals surface area contributed by atoms with Gasteiger partial charge in [-0.2, -0.15) is 0 Å². The molecule has 2 aliphatic rings. The Morgan fingerprint density at radius 3 is 2.71 bits per heavy atom. The van der Waals surface area contributed by atoms with Gasteiger partial charge in [-0.3, -0.25) is 8.75 Å². The molecule has 0 bridgehead atoms. The van der Waals surface area contributed by atoms with Crippen molar-refractivity contribution in [2.45, 2.75) is 94.9 Å². The predicted octanol–water partition coefficient (Wildman–Crippen LogP) is 3.36. The third-order valence-electron chi connectivity index (χ3n) is 7.37. The number of anilines is 1. The van der Waals surface area contributed by atoms with Gasteiger partial charge in [0.2, 0.25) is 0 Å². The van der Waals surface area contributed by atoms with Gasteiger partial charge in [0.25, 0.3) is 0 Å². The molecule has 1 saturated heterocycles. The first-order valence-electron chi connectivity index (χ1n) is 11.9. The van der Waals surface area contributed by atoms with Gasteiger partial charge in [-0.15, -0.1) is 11.6 Å². The molecule has 1 aliphatic carbocycles. The first-order valence-corrected chi connectivity index (χ1v) is 16.9. The van der Waals surface area contributed by atoms with Crippen molar-refractivity contribution in [1.82, 2.24) is 19.5 Å². The van der Waals surface area contributed by atoms with E-state index in [1.54, 1.807) is 10.9 Å². The van der Waals surface area contributed by atoms with E-state index < -0.39 is 43.9 Å². The molecule has 0 radical (unpaired) electrons. The zero-order valence-corrected chi connectivity index (χ0v) is 23.7. The molecule has 1 aliphatic heterocycles. The van der Waals surface area contributed by atoms with Gasteiger partial charge in [-0.1, -0.05) is 20.8 Å². The first kappa shape index (κ1) is 26.9. The number of fused-ring (bicyclic) bond motifs is 1. The average Bonchev–Trinajstić information content (AvgIpc) is 3.46. The fourth-order valence-corrected chi connectivity index (χ4v) is 6.61. The van der Waals surface area contributed by atoms with Crippen LogP contribution >= 0.6 is 11.6 Å². The minimum atomic E-state index is -1.92. The van der Waals surface area contributed by atoms with Crippen LogP contribution < -0.4 is 5.32 Å². The SMILES string of the molecule is CS(=O)O[C@@H]1[C@H](O)[C@@H](CCl)O[C@H]1n1cnc2c(NC3CCCC3O[Si](C)(C)C(C)(C)C)ncnc21. The quantitative estimate of drug-likeness (QED) is 0.380. The summed E-state index contributed by atoms with van der Waals surface area (Å²) in [4.78, 5) is 13.4. The van der Waals surface area contributed by atoms with Gasteiger partial charge in [0.1, 0.15) is 24.6 Å². The van der Waals surface area contributed by atoms with Gasteiger partial charge < -0.3 is 19.6 Å². The van der Waals surface area contributed by atoms with E-state index in [9.17, 15) is 9.32 Å². The van der Waals surface area contributed by atoms with E-state index in [2.05, 4.69) is 54.1 Å². The number of nitrogens with zero attached hydrogens (tertiary/aromatic N) is 4. The van der Waals surface area contributed by atoms with Gasteiger partial charge in [0, 0.05) is 6.26 Å². The third kappa shape index (κ3) is 5.43. The standard InChI is InChI=1S/C22H36ClN5O5SSi/c1-22(2,3)35(5,6)33-14-9-7-8-13(14)27-19-16-20(25-11-24-19)28(12-26-16)21-18(32-34(4)30)17(29)15(10-23)31-21/h11-15,17-18,21,29H,7-10H2,1-6H3,(H,24,25,27)/t13?,14?,15-,17-,18-,21-,34?/m1/s1. The normalized spacial score (nSPS) is 30.7. The van der Waals surface area contributed by atoms with Gasteiger partial charge in [-0.25, -0.2) is 19.2 Å². The summed E-state index contributed by atoms with van der Waals surface area (Å²) < 4.78 is 31.6. The summed E-state index contributed by atoms with van der Waals surface area (Å²) in [5, 5.41) is 14.3. The summed E-state index contributed by atoms with van der Waals surface area (Å²) in [5.74, 6) is 0.688. The van der Waals surface area contributed by atoms with Crippen LogP contribution in [-0.2, 0) is 24.4 Å². The molecular formula is C22H36ClN5O5SSi. The number of hydrogen-bond acceptors (Lipinski definition) is 9. The van der Waals surface area contributed by atoms with E-state index in [-0.39, 0.29) is 23.1 Å². The minimum Gasteiger partial charge on any atom is -0.412 e. The summed E-state index contributed by atoms with van der Waals surface area (Å²) in [6.07, 6.45) is 4.26. The summed E-state index contributed by atoms with van der Waals surface area (Å²) in [6.45, 7) is 11.3. The fourth-order valence-electron chi connectivity index (χ4n) is 4.44. The van der Waals surface area contributed by atoms with Crippen molar-refractivity contribution in [3.8, 4) is 0 Å². The highest BCUT2D eigenvalue weighted by Gasteiger charge is 2.47. The third-order valence-corrected chi connectivity index (χ3v) is 12.7. The molecule has 3 heterocycles. The number of imidazole rings is 1. The van der Waals surface area contributed by atoms with Crippen LogP contribution in [0.1, 0.15) is 46.3 Å². The maximum absolute atomic E-state index is 11.8. The van der Waals surface area contributed by atoms with Gasteiger partial charge >= 0.3 is 0 Å². The van der Waals surface area contributed by atoms with Crippen molar-refractivity contribution in [3.05, 3.63) is 12.7 Å². The van der Waals surface area contributed by atoms with Crippen LogP contribution in [-0.4, -0.2) is 79.7 Å². The molecule has 4 rings (SSSR count). The smallest absolute Gasteiger partial charge is 0.192 e. The molecule has 10 nitrogen and oxygen atoms in total. The molecule has 1 saturated carbocycles. The Hall–Kier alpha value is -1.15. The van der Waals surface area contributed by atoms with Crippen LogP contribution in [0.3, 0.4) is 0 Å². The van der Waals surface area contributed by atoms with Crippen molar-refractivity contribution in [2.75, 3.05) is 17.5 Å². The molecule has 196 valence electrons. The lowest BCUT2D eigenvalue weighted by Gasteiger charge is -2.40. The van der Waals surface area contributed by atoms with Crippen molar-refractivity contribution in [3.63, 3.8) is 0 Å². The molecule has 2 aromatic heterocycles. The maximum atomic E-state index is 11.8. The summed E-state index contributed by atoms with van der Waals surface area (Å²) >= 11 is 4.36. The van der Waals surface area contributed by atoms with E-state index in [0.717, 1.165) is 19.3 Å². The summed E-state index contributed by atoms with van der Waals surface area (Å²) in [6, 6.07) is 0.121. The van der Waals surface area contributed by atoms with Crippen molar-refractivity contribution < 1.29 is 22.7 Å². The molecular weight excluding hydrogens is 510 g/mol. The summed E-state index contributed by atoms with van der Waals surface area (Å²) in [7, 11) is -1.92. The Morgan fingerprint density at radius 1 is 1.31 bits per heavy atom. The van der Waals surface area contributed by atoms with E-state index in [4.69, 9.17) is 24.9 Å². The lowest BCUT2D eigenvalue weighted by Crippen LogP contribution is -2.47. The van der Waals surface area contributed by atoms with Crippen LogP contribution in [0, 0.1) is 0 Å². The molecule has 35 heavy (non-hydrogen) atoms. The zero-order valence-electron chi connectivity index (χ0n) is 21.1. The fraction of sp³-hybridized carbons (Fsp3) is 0.773. The maximum Gasteiger partial charge on any atom is 0.192 e. The van der Waals surface area contributed by atoms with Crippen LogP contribution in [0.2, 0.25) is 18.1 Å². The molecule has 3 unspecified atom stereocenters. The second-order valence-electron chi connectivity index (χ2n) is 10.8. The highest BCUT2D eigenvalue weighted by Crippen LogP contribution is 2.40. The number of aromatic nitrogens is 4. The molecule has 13 heteroatoms. The second-order valence-corrected chi connectivity index (χ2v) is 16.9. The first-order chi connectivity index (χ1) is 16.4. The Balaban J connectivity index is 1.59. The average molecular weight is 546 g/mol. The van der Waals surface area contributed by atoms with Crippen LogP contribution in [0.15, 0.2) is 12.7 Å². The Bertz CT molecular complexity index is 1070. The van der Waals surface area contributed by atoms with Crippen LogP contribution in [0.25, 0.3) is 11.2 Å². The molecule has 0 aromatic carbocycles. The molecule has 7 atom stereocenters. The van der Waals surface area contributed by atoms with Crippen molar-refractivity contribution in [1.29, 1.82) is 0 Å². The van der Waals surface area contributed by atoms with Crippen LogP contribution in [0.5, 0.6) is 0 Å². The van der Waals surface area contributed by atoms with Crippen LogP contribution in [0.4, 0.5) is 5.82 Å². The summed E-state index contributed by atoms with van der Waals surface area (Å²) in [5.41, 5.74) is 1.10. The van der Waals surface area contributed by atoms with E-state index in [1.165, 1.54) is 12.6 Å². The molecule has 2 N–H and O–H groups in total. The van der Waals surface area contributed by atoms with E-state index in [0.29, 0.717) is 17.0 Å².